The second-order valence-electron chi connectivity index (χ2n) is 5.93. The topological polar surface area (TPSA) is 15.3 Å². The zero-order chi connectivity index (χ0) is 14.5. The van der Waals surface area contributed by atoms with Crippen LogP contribution >= 0.6 is 11.6 Å². The summed E-state index contributed by atoms with van der Waals surface area (Å²) in [5.41, 5.74) is 1.03. The van der Waals surface area contributed by atoms with Crippen LogP contribution in [0.4, 0.5) is 4.39 Å². The molecule has 1 aliphatic rings. The van der Waals surface area contributed by atoms with Gasteiger partial charge >= 0.3 is 0 Å². The van der Waals surface area contributed by atoms with Gasteiger partial charge in [-0.05, 0) is 49.5 Å². The van der Waals surface area contributed by atoms with Crippen LogP contribution in [0.1, 0.15) is 32.3 Å². The Morgan fingerprint density at radius 1 is 1.30 bits per heavy atom. The Hall–Kier alpha value is -0.640. The summed E-state index contributed by atoms with van der Waals surface area (Å²) in [7, 11) is 0. The van der Waals surface area contributed by atoms with Crippen LogP contribution in [0, 0.1) is 11.7 Å². The minimum absolute atomic E-state index is 0.198. The van der Waals surface area contributed by atoms with Crippen molar-refractivity contribution in [2.45, 2.75) is 39.3 Å². The van der Waals surface area contributed by atoms with Gasteiger partial charge in [-0.25, -0.2) is 4.39 Å². The van der Waals surface area contributed by atoms with E-state index in [9.17, 15) is 4.39 Å². The fourth-order valence-corrected chi connectivity index (χ4v) is 3.08. The molecule has 2 rings (SSSR count). The average Bonchev–Trinajstić information content (AvgIpc) is 2.92. The van der Waals surface area contributed by atoms with Crippen LogP contribution in [0.3, 0.4) is 0 Å². The molecule has 0 spiro atoms. The van der Waals surface area contributed by atoms with Gasteiger partial charge in [0.2, 0.25) is 0 Å². The molecule has 1 atom stereocenters. The molecule has 20 heavy (non-hydrogen) atoms. The molecule has 2 nitrogen and oxygen atoms in total. The standard InChI is InChI=1S/C16H24ClFN2/c1-12(2)16(20-7-3-4-8-20)11-19-10-13-5-6-15(18)14(17)9-13/h5-6,9,12,16,19H,3-4,7-8,10-11H2,1-2H3. The largest absolute Gasteiger partial charge is 0.311 e. The molecule has 1 N–H and O–H groups in total. The van der Waals surface area contributed by atoms with Gasteiger partial charge in [-0.3, -0.25) is 4.90 Å². The minimum atomic E-state index is -0.354. The molecule has 1 heterocycles. The van der Waals surface area contributed by atoms with E-state index in [0.717, 1.165) is 18.7 Å². The normalized spacial score (nSPS) is 17.9. The Labute approximate surface area is 126 Å². The van der Waals surface area contributed by atoms with E-state index in [1.807, 2.05) is 0 Å². The number of nitrogens with zero attached hydrogens (tertiary/aromatic N) is 1. The van der Waals surface area contributed by atoms with Crippen molar-refractivity contribution in [2.75, 3.05) is 19.6 Å². The molecule has 112 valence electrons. The maximum atomic E-state index is 13.1. The summed E-state index contributed by atoms with van der Waals surface area (Å²) in [5.74, 6) is 0.282. The van der Waals surface area contributed by atoms with Crippen LogP contribution in [-0.2, 0) is 6.54 Å². The number of likely N-dealkylation sites (tertiary alicyclic amines) is 1. The van der Waals surface area contributed by atoms with Crippen molar-refractivity contribution in [1.29, 1.82) is 0 Å². The number of nitrogens with one attached hydrogen (secondary N) is 1. The second-order valence-corrected chi connectivity index (χ2v) is 6.34. The van der Waals surface area contributed by atoms with E-state index in [2.05, 4.69) is 24.1 Å². The van der Waals surface area contributed by atoms with E-state index in [4.69, 9.17) is 11.6 Å². The highest BCUT2D eigenvalue weighted by atomic mass is 35.5. The number of halogens is 2. The Morgan fingerprint density at radius 3 is 2.60 bits per heavy atom. The summed E-state index contributed by atoms with van der Waals surface area (Å²) in [5, 5.41) is 3.68. The van der Waals surface area contributed by atoms with E-state index in [-0.39, 0.29) is 10.8 Å². The summed E-state index contributed by atoms with van der Waals surface area (Å²) in [6, 6.07) is 5.49. The van der Waals surface area contributed by atoms with Gasteiger partial charge in [-0.15, -0.1) is 0 Å². The first-order valence-corrected chi connectivity index (χ1v) is 7.84. The van der Waals surface area contributed by atoms with Gasteiger partial charge in [0, 0.05) is 19.1 Å². The predicted molar refractivity (Wildman–Crippen MR) is 82.5 cm³/mol. The SMILES string of the molecule is CC(C)C(CNCc1ccc(F)c(Cl)c1)N1CCCC1. The molecular weight excluding hydrogens is 275 g/mol. The van der Waals surface area contributed by atoms with Gasteiger partial charge in [0.05, 0.1) is 5.02 Å². The zero-order valence-corrected chi connectivity index (χ0v) is 13.1. The lowest BCUT2D eigenvalue weighted by Gasteiger charge is -2.31. The van der Waals surface area contributed by atoms with Crippen molar-refractivity contribution in [3.8, 4) is 0 Å². The molecule has 0 amide bonds. The van der Waals surface area contributed by atoms with Gasteiger partial charge in [0.25, 0.3) is 0 Å². The summed E-state index contributed by atoms with van der Waals surface area (Å²) < 4.78 is 13.1. The molecule has 0 radical (unpaired) electrons. The molecule has 0 aliphatic carbocycles. The average molecular weight is 299 g/mol. The molecular formula is C16H24ClFN2. The summed E-state index contributed by atoms with van der Waals surface area (Å²) >= 11 is 5.80. The van der Waals surface area contributed by atoms with Crippen molar-refractivity contribution >= 4 is 11.6 Å². The highest BCUT2D eigenvalue weighted by Crippen LogP contribution is 2.18. The second kappa shape index (κ2) is 7.39. The number of benzene rings is 1. The Bertz CT molecular complexity index is 430. The van der Waals surface area contributed by atoms with Crippen LogP contribution in [-0.4, -0.2) is 30.6 Å². The minimum Gasteiger partial charge on any atom is -0.311 e. The molecule has 0 bridgehead atoms. The van der Waals surface area contributed by atoms with Crippen molar-refractivity contribution in [3.05, 3.63) is 34.6 Å². The first kappa shape index (κ1) is 15.7. The lowest BCUT2D eigenvalue weighted by Crippen LogP contribution is -2.44. The predicted octanol–water partition coefficient (Wildman–Crippen LogP) is 3.69. The van der Waals surface area contributed by atoms with Gasteiger partial charge in [0.1, 0.15) is 5.82 Å². The van der Waals surface area contributed by atoms with Gasteiger partial charge < -0.3 is 5.32 Å². The Morgan fingerprint density at radius 2 is 2.00 bits per heavy atom. The van der Waals surface area contributed by atoms with E-state index in [1.54, 1.807) is 12.1 Å². The molecule has 1 unspecified atom stereocenters. The smallest absolute Gasteiger partial charge is 0.141 e. The van der Waals surface area contributed by atoms with Crippen LogP contribution in [0.2, 0.25) is 5.02 Å². The van der Waals surface area contributed by atoms with Crippen molar-refractivity contribution in [3.63, 3.8) is 0 Å². The fourth-order valence-electron chi connectivity index (χ4n) is 2.87. The summed E-state index contributed by atoms with van der Waals surface area (Å²) in [4.78, 5) is 2.58. The van der Waals surface area contributed by atoms with Crippen LogP contribution in [0.15, 0.2) is 18.2 Å². The number of hydrogen-bond acceptors (Lipinski definition) is 2. The number of hydrogen-bond donors (Lipinski definition) is 1. The van der Waals surface area contributed by atoms with E-state index in [1.165, 1.54) is 32.0 Å². The van der Waals surface area contributed by atoms with E-state index in [0.29, 0.717) is 12.0 Å². The van der Waals surface area contributed by atoms with Crippen molar-refractivity contribution < 1.29 is 4.39 Å². The molecule has 1 fully saturated rings. The Kier molecular flexibility index (Phi) is 5.82. The molecule has 1 aromatic carbocycles. The maximum absolute atomic E-state index is 13.1. The van der Waals surface area contributed by atoms with Gasteiger partial charge in [-0.2, -0.15) is 0 Å². The number of rotatable bonds is 6. The van der Waals surface area contributed by atoms with Gasteiger partial charge in [-0.1, -0.05) is 31.5 Å². The first-order chi connectivity index (χ1) is 9.58. The monoisotopic (exact) mass is 298 g/mol. The highest BCUT2D eigenvalue weighted by molar-refractivity contribution is 6.30. The molecule has 1 aromatic rings. The lowest BCUT2D eigenvalue weighted by molar-refractivity contribution is 0.186. The lowest BCUT2D eigenvalue weighted by atomic mass is 10.0. The molecule has 1 aliphatic heterocycles. The van der Waals surface area contributed by atoms with E-state index >= 15 is 0 Å². The van der Waals surface area contributed by atoms with Gasteiger partial charge in [0.15, 0.2) is 0 Å². The van der Waals surface area contributed by atoms with Crippen LogP contribution in [0.5, 0.6) is 0 Å². The molecule has 0 aromatic heterocycles. The third-order valence-corrected chi connectivity index (χ3v) is 4.34. The zero-order valence-electron chi connectivity index (χ0n) is 12.3. The third kappa shape index (κ3) is 4.18. The highest BCUT2D eigenvalue weighted by Gasteiger charge is 2.23. The Balaban J connectivity index is 1.84. The third-order valence-electron chi connectivity index (χ3n) is 4.05. The fraction of sp³-hybridized carbons (Fsp3) is 0.625. The first-order valence-electron chi connectivity index (χ1n) is 7.46. The molecule has 1 saturated heterocycles. The van der Waals surface area contributed by atoms with Crippen LogP contribution in [0.25, 0.3) is 0 Å². The van der Waals surface area contributed by atoms with Crippen molar-refractivity contribution in [2.24, 2.45) is 5.92 Å². The van der Waals surface area contributed by atoms with Crippen molar-refractivity contribution in [1.82, 2.24) is 10.2 Å². The van der Waals surface area contributed by atoms with Crippen LogP contribution < -0.4 is 5.32 Å². The summed E-state index contributed by atoms with van der Waals surface area (Å²) in [6.07, 6.45) is 2.63. The molecule has 4 heteroatoms. The molecule has 0 saturated carbocycles. The van der Waals surface area contributed by atoms with E-state index < -0.39 is 0 Å². The summed E-state index contributed by atoms with van der Waals surface area (Å²) in [6.45, 7) is 8.68. The maximum Gasteiger partial charge on any atom is 0.141 e. The quantitative estimate of drug-likeness (QED) is 0.862.